The van der Waals surface area contributed by atoms with E-state index in [0.717, 1.165) is 0 Å². The molecular formula is C14H20FN5O5. The normalized spacial score (nSPS) is 26.6. The Bertz CT molecular complexity index is 794. The largest absolute Gasteiger partial charge is 0.394 e. The van der Waals surface area contributed by atoms with Gasteiger partial charge < -0.3 is 20.3 Å². The van der Waals surface area contributed by atoms with Crippen molar-refractivity contribution in [3.8, 4) is 0 Å². The monoisotopic (exact) mass is 357 g/mol. The van der Waals surface area contributed by atoms with E-state index in [2.05, 4.69) is 25.2 Å². The Morgan fingerprint density at radius 1 is 1.56 bits per heavy atom. The van der Waals surface area contributed by atoms with E-state index in [4.69, 9.17) is 4.74 Å². The highest BCUT2D eigenvalue weighted by Crippen LogP contribution is 2.33. The lowest BCUT2D eigenvalue weighted by Crippen LogP contribution is -2.34. The van der Waals surface area contributed by atoms with Crippen LogP contribution in [0.4, 0.5) is 10.5 Å². The summed E-state index contributed by atoms with van der Waals surface area (Å²) in [6, 6.07) is 0. The van der Waals surface area contributed by atoms with Gasteiger partial charge in [-0.05, 0) is 10.4 Å². The molecule has 1 aliphatic rings. The Kier molecular flexibility index (Phi) is 4.99. The highest BCUT2D eigenvalue weighted by molar-refractivity contribution is 5.70. The van der Waals surface area contributed by atoms with Crippen molar-refractivity contribution in [1.29, 1.82) is 0 Å². The van der Waals surface area contributed by atoms with Gasteiger partial charge in [0, 0.05) is 6.54 Å². The molecule has 25 heavy (non-hydrogen) atoms. The van der Waals surface area contributed by atoms with Crippen LogP contribution < -0.4 is 10.9 Å². The van der Waals surface area contributed by atoms with E-state index in [-0.39, 0.29) is 17.1 Å². The van der Waals surface area contributed by atoms with Crippen LogP contribution in [0.2, 0.25) is 0 Å². The SMILES string of the molecule is CC(C)CNc1nc2c(ncn2[C@@H]2O[C@H](CO)[C@H](O)[C@H]2OF)c(=O)[nH]1. The summed E-state index contributed by atoms with van der Waals surface area (Å²) in [5.41, 5.74) is -0.281. The first kappa shape index (κ1) is 17.7. The number of rotatable bonds is 6. The Hall–Kier alpha value is -2.08. The maximum Gasteiger partial charge on any atom is 0.280 e. The number of aliphatic hydroxyl groups excluding tert-OH is 2. The first-order valence-corrected chi connectivity index (χ1v) is 7.88. The molecule has 3 heterocycles. The minimum Gasteiger partial charge on any atom is -0.394 e. The van der Waals surface area contributed by atoms with Crippen LogP contribution in [0.5, 0.6) is 0 Å². The van der Waals surface area contributed by atoms with E-state index in [0.29, 0.717) is 12.5 Å². The molecule has 0 saturated carbocycles. The third kappa shape index (κ3) is 3.23. The number of aromatic nitrogens is 4. The van der Waals surface area contributed by atoms with E-state index in [1.54, 1.807) is 0 Å². The molecule has 3 rings (SSSR count). The third-order valence-corrected chi connectivity index (χ3v) is 3.98. The van der Waals surface area contributed by atoms with Gasteiger partial charge >= 0.3 is 0 Å². The Labute approximate surface area is 141 Å². The van der Waals surface area contributed by atoms with E-state index in [9.17, 15) is 19.5 Å². The van der Waals surface area contributed by atoms with Crippen LogP contribution in [-0.2, 0) is 9.68 Å². The predicted octanol–water partition coefficient (Wildman–Crippen LogP) is -0.292. The fraction of sp³-hybridized carbons (Fsp3) is 0.643. The average molecular weight is 357 g/mol. The van der Waals surface area contributed by atoms with Gasteiger partial charge in [-0.2, -0.15) is 9.93 Å². The second kappa shape index (κ2) is 7.04. The summed E-state index contributed by atoms with van der Waals surface area (Å²) in [5.74, 6) is 0.566. The number of ether oxygens (including phenoxy) is 1. The number of anilines is 1. The van der Waals surface area contributed by atoms with Crippen molar-refractivity contribution in [2.75, 3.05) is 18.5 Å². The van der Waals surface area contributed by atoms with Gasteiger partial charge in [-0.15, -0.1) is 0 Å². The molecule has 2 aromatic heterocycles. The number of aromatic amines is 1. The van der Waals surface area contributed by atoms with Crippen LogP contribution in [0, 0.1) is 5.92 Å². The molecular weight excluding hydrogens is 337 g/mol. The van der Waals surface area contributed by atoms with Crippen molar-refractivity contribution in [2.24, 2.45) is 5.92 Å². The quantitative estimate of drug-likeness (QED) is 0.554. The van der Waals surface area contributed by atoms with Crippen LogP contribution >= 0.6 is 0 Å². The lowest BCUT2D eigenvalue weighted by molar-refractivity contribution is -0.220. The molecule has 138 valence electrons. The first-order valence-electron chi connectivity index (χ1n) is 7.88. The number of nitrogens with one attached hydrogen (secondary N) is 2. The molecule has 4 atom stereocenters. The summed E-state index contributed by atoms with van der Waals surface area (Å²) >= 11 is 0. The van der Waals surface area contributed by atoms with Gasteiger partial charge in [-0.1, -0.05) is 13.8 Å². The minimum atomic E-state index is -1.39. The average Bonchev–Trinajstić information content (AvgIpc) is 3.13. The summed E-state index contributed by atoms with van der Waals surface area (Å²) in [4.78, 5) is 26.8. The Morgan fingerprint density at radius 2 is 2.32 bits per heavy atom. The van der Waals surface area contributed by atoms with Gasteiger partial charge in [0.05, 0.1) is 12.9 Å². The van der Waals surface area contributed by atoms with Gasteiger partial charge in [0.25, 0.3) is 5.56 Å². The van der Waals surface area contributed by atoms with Crippen LogP contribution in [0.15, 0.2) is 11.1 Å². The summed E-state index contributed by atoms with van der Waals surface area (Å²) in [5, 5.41) is 22.2. The number of fused-ring (bicyclic) bond motifs is 1. The van der Waals surface area contributed by atoms with Gasteiger partial charge in [0.1, 0.15) is 12.2 Å². The zero-order valence-corrected chi connectivity index (χ0v) is 13.7. The molecule has 1 fully saturated rings. The first-order chi connectivity index (χ1) is 12.0. The molecule has 0 unspecified atom stereocenters. The van der Waals surface area contributed by atoms with E-state index < -0.39 is 36.7 Å². The zero-order valence-electron chi connectivity index (χ0n) is 13.7. The standard InChI is InChI=1S/C14H20FN5O5/c1-6(2)3-16-14-18-11-8(12(23)19-14)17-5-20(11)13-10(25-15)9(22)7(4-21)24-13/h5-7,9-10,13,21-22H,3-4H2,1-2H3,(H2,16,18,19,23)/t7-,9+,10-,13-/m1/s1. The van der Waals surface area contributed by atoms with Gasteiger partial charge in [0.15, 0.2) is 23.5 Å². The number of imidazole rings is 1. The summed E-state index contributed by atoms with van der Waals surface area (Å²) in [7, 11) is 0. The second-order valence-electron chi connectivity index (χ2n) is 6.31. The van der Waals surface area contributed by atoms with Crippen molar-refractivity contribution in [3.63, 3.8) is 0 Å². The third-order valence-electron chi connectivity index (χ3n) is 3.98. The van der Waals surface area contributed by atoms with Gasteiger partial charge in [-0.25, -0.2) is 4.98 Å². The molecule has 1 aliphatic heterocycles. The molecule has 4 N–H and O–H groups in total. The molecule has 0 aliphatic carbocycles. The van der Waals surface area contributed by atoms with Crippen molar-refractivity contribution in [1.82, 2.24) is 19.5 Å². The molecule has 11 heteroatoms. The second-order valence-corrected chi connectivity index (χ2v) is 6.31. The molecule has 2 aromatic rings. The number of halogens is 1. The topological polar surface area (TPSA) is 135 Å². The van der Waals surface area contributed by atoms with Crippen molar-refractivity contribution in [3.05, 3.63) is 16.7 Å². The highest BCUT2D eigenvalue weighted by Gasteiger charge is 2.47. The van der Waals surface area contributed by atoms with Crippen molar-refractivity contribution < 1.29 is 24.4 Å². The predicted molar refractivity (Wildman–Crippen MR) is 84.5 cm³/mol. The molecule has 0 bridgehead atoms. The smallest absolute Gasteiger partial charge is 0.280 e. The summed E-state index contributed by atoms with van der Waals surface area (Å²) in [6.45, 7) is 4.07. The lowest BCUT2D eigenvalue weighted by Gasteiger charge is -2.17. The number of aliphatic hydroxyl groups is 2. The summed E-state index contributed by atoms with van der Waals surface area (Å²) in [6.07, 6.45) is -3.67. The zero-order chi connectivity index (χ0) is 18.1. The van der Waals surface area contributed by atoms with E-state index >= 15 is 0 Å². The molecule has 0 radical (unpaired) electrons. The lowest BCUT2D eigenvalue weighted by atomic mass is 10.1. The number of nitrogens with zero attached hydrogens (tertiary/aromatic N) is 3. The minimum absolute atomic E-state index is 0.0400. The van der Waals surface area contributed by atoms with Crippen molar-refractivity contribution in [2.45, 2.75) is 38.4 Å². The van der Waals surface area contributed by atoms with E-state index in [1.165, 1.54) is 10.9 Å². The van der Waals surface area contributed by atoms with E-state index in [1.807, 2.05) is 13.8 Å². The maximum absolute atomic E-state index is 12.9. The Morgan fingerprint density at radius 3 is 2.96 bits per heavy atom. The van der Waals surface area contributed by atoms with Gasteiger partial charge in [-0.3, -0.25) is 14.3 Å². The molecule has 10 nitrogen and oxygen atoms in total. The number of hydrogen-bond acceptors (Lipinski definition) is 8. The van der Waals surface area contributed by atoms with Gasteiger partial charge in [0.2, 0.25) is 5.95 Å². The molecule has 0 aromatic carbocycles. The van der Waals surface area contributed by atoms with Crippen LogP contribution in [0.25, 0.3) is 11.2 Å². The fourth-order valence-electron chi connectivity index (χ4n) is 2.69. The van der Waals surface area contributed by atoms with Crippen LogP contribution in [-0.4, -0.2) is 61.2 Å². The Balaban J connectivity index is 2.00. The van der Waals surface area contributed by atoms with Crippen molar-refractivity contribution >= 4 is 17.1 Å². The molecule has 0 spiro atoms. The molecule has 1 saturated heterocycles. The molecule has 0 amide bonds. The maximum atomic E-state index is 12.9. The number of hydrogen-bond donors (Lipinski definition) is 4. The number of H-pyrrole nitrogens is 1. The van der Waals surface area contributed by atoms with Crippen LogP contribution in [0.3, 0.4) is 0 Å². The highest BCUT2D eigenvalue weighted by atomic mass is 19.3. The summed E-state index contributed by atoms with van der Waals surface area (Å²) < 4.78 is 19.7. The van der Waals surface area contributed by atoms with Crippen LogP contribution in [0.1, 0.15) is 20.1 Å². The fourth-order valence-corrected chi connectivity index (χ4v) is 2.69.